The second-order valence-electron chi connectivity index (χ2n) is 5.77. The Morgan fingerprint density at radius 3 is 2.10 bits per heavy atom. The first-order valence-corrected chi connectivity index (χ1v) is 7.66. The summed E-state index contributed by atoms with van der Waals surface area (Å²) >= 11 is 0. The summed E-state index contributed by atoms with van der Waals surface area (Å²) in [5.41, 5.74) is 6.17. The average molecular weight is 289 g/mol. The van der Waals surface area contributed by atoms with Crippen LogP contribution in [0.5, 0.6) is 0 Å². The molecule has 1 saturated carbocycles. The Labute approximate surface area is 123 Å². The second kappa shape index (κ2) is 10.5. The minimum atomic E-state index is 0.158. The predicted molar refractivity (Wildman–Crippen MR) is 78.8 cm³/mol. The van der Waals surface area contributed by atoms with Crippen LogP contribution in [-0.2, 0) is 18.9 Å². The Bertz CT molecular complexity index is 228. The van der Waals surface area contributed by atoms with Gasteiger partial charge in [-0.25, -0.2) is 0 Å². The van der Waals surface area contributed by atoms with Crippen LogP contribution in [0.25, 0.3) is 0 Å². The van der Waals surface area contributed by atoms with Crippen LogP contribution in [0.1, 0.15) is 26.7 Å². The van der Waals surface area contributed by atoms with E-state index in [0.717, 1.165) is 6.42 Å². The van der Waals surface area contributed by atoms with E-state index in [9.17, 15) is 0 Å². The molecule has 20 heavy (non-hydrogen) atoms. The minimum absolute atomic E-state index is 0.158. The fraction of sp³-hybridized carbons (Fsp3) is 1.00. The Balaban J connectivity index is 1.98. The van der Waals surface area contributed by atoms with Gasteiger partial charge in [0.05, 0.1) is 45.7 Å². The zero-order valence-corrected chi connectivity index (χ0v) is 13.2. The zero-order chi connectivity index (χ0) is 14.8. The molecule has 5 nitrogen and oxygen atoms in total. The fourth-order valence-corrected chi connectivity index (χ4v) is 2.88. The van der Waals surface area contributed by atoms with Gasteiger partial charge in [0, 0.05) is 13.2 Å². The summed E-state index contributed by atoms with van der Waals surface area (Å²) in [5.74, 6) is 1.24. The monoisotopic (exact) mass is 289 g/mol. The van der Waals surface area contributed by atoms with Crippen LogP contribution in [0.15, 0.2) is 0 Å². The van der Waals surface area contributed by atoms with Crippen molar-refractivity contribution in [2.75, 3.05) is 46.8 Å². The summed E-state index contributed by atoms with van der Waals surface area (Å²) in [6.45, 7) is 8.12. The van der Waals surface area contributed by atoms with Crippen LogP contribution in [0, 0.1) is 11.8 Å². The van der Waals surface area contributed by atoms with Crippen molar-refractivity contribution >= 4 is 0 Å². The van der Waals surface area contributed by atoms with Crippen molar-refractivity contribution in [3.05, 3.63) is 0 Å². The Morgan fingerprint density at radius 2 is 1.50 bits per heavy atom. The van der Waals surface area contributed by atoms with Gasteiger partial charge in [-0.2, -0.15) is 0 Å². The summed E-state index contributed by atoms with van der Waals surface area (Å²) in [4.78, 5) is 0. The molecule has 120 valence electrons. The highest BCUT2D eigenvalue weighted by Gasteiger charge is 2.32. The Hall–Kier alpha value is -0.200. The summed E-state index contributed by atoms with van der Waals surface area (Å²) in [6.07, 6.45) is 2.43. The summed E-state index contributed by atoms with van der Waals surface area (Å²) in [7, 11) is 1.66. The van der Waals surface area contributed by atoms with E-state index in [1.807, 2.05) is 0 Å². The number of nitrogens with two attached hydrogens (primary N) is 1. The molecule has 1 fully saturated rings. The van der Waals surface area contributed by atoms with E-state index in [4.69, 9.17) is 24.7 Å². The molecule has 0 aliphatic heterocycles. The van der Waals surface area contributed by atoms with Gasteiger partial charge >= 0.3 is 0 Å². The number of methoxy groups -OCH3 is 1. The highest BCUT2D eigenvalue weighted by Crippen LogP contribution is 2.29. The number of ether oxygens (including phenoxy) is 4. The van der Waals surface area contributed by atoms with Gasteiger partial charge in [0.15, 0.2) is 0 Å². The molecule has 0 aromatic heterocycles. The molecule has 1 aliphatic rings. The SMILES string of the molecule is COCCOCCOCCOC1C(C)CC(C)CC1N. The van der Waals surface area contributed by atoms with Crippen molar-refractivity contribution in [3.63, 3.8) is 0 Å². The maximum Gasteiger partial charge on any atom is 0.0752 e. The van der Waals surface area contributed by atoms with E-state index in [1.54, 1.807) is 7.11 Å². The molecule has 4 unspecified atom stereocenters. The molecule has 0 radical (unpaired) electrons. The van der Waals surface area contributed by atoms with E-state index >= 15 is 0 Å². The molecule has 0 aromatic carbocycles. The molecule has 1 rings (SSSR count). The smallest absolute Gasteiger partial charge is 0.0752 e. The van der Waals surface area contributed by atoms with Crippen LogP contribution < -0.4 is 5.73 Å². The van der Waals surface area contributed by atoms with Crippen molar-refractivity contribution < 1.29 is 18.9 Å². The summed E-state index contributed by atoms with van der Waals surface area (Å²) in [5, 5.41) is 0. The van der Waals surface area contributed by atoms with Crippen molar-refractivity contribution in [1.82, 2.24) is 0 Å². The average Bonchev–Trinajstić information content (AvgIpc) is 2.39. The van der Waals surface area contributed by atoms with E-state index in [2.05, 4.69) is 13.8 Å². The highest BCUT2D eigenvalue weighted by atomic mass is 16.6. The summed E-state index contributed by atoms with van der Waals surface area (Å²) < 4.78 is 21.5. The normalized spacial score (nSPS) is 30.6. The number of rotatable bonds is 10. The Kier molecular flexibility index (Phi) is 9.39. The molecule has 2 N–H and O–H groups in total. The Morgan fingerprint density at radius 1 is 0.900 bits per heavy atom. The van der Waals surface area contributed by atoms with E-state index in [0.29, 0.717) is 51.5 Å². The lowest BCUT2D eigenvalue weighted by atomic mass is 9.78. The van der Waals surface area contributed by atoms with Crippen molar-refractivity contribution in [1.29, 1.82) is 0 Å². The standard InChI is InChI=1S/C15H31NO4/c1-12-10-13(2)15(14(16)11-12)20-9-8-19-7-6-18-5-4-17-3/h12-15H,4-11,16H2,1-3H3. The van der Waals surface area contributed by atoms with Gasteiger partial charge in [-0.3, -0.25) is 0 Å². The van der Waals surface area contributed by atoms with Gasteiger partial charge in [-0.15, -0.1) is 0 Å². The molecule has 0 heterocycles. The molecule has 0 amide bonds. The molecule has 0 spiro atoms. The van der Waals surface area contributed by atoms with Gasteiger partial charge in [-0.05, 0) is 24.7 Å². The molecule has 5 heteroatoms. The van der Waals surface area contributed by atoms with Crippen LogP contribution in [0.2, 0.25) is 0 Å². The number of hydrogen-bond acceptors (Lipinski definition) is 5. The van der Waals surface area contributed by atoms with Crippen LogP contribution >= 0.6 is 0 Å². The second-order valence-corrected chi connectivity index (χ2v) is 5.77. The molecule has 0 bridgehead atoms. The van der Waals surface area contributed by atoms with E-state index in [1.165, 1.54) is 6.42 Å². The van der Waals surface area contributed by atoms with Crippen LogP contribution in [-0.4, -0.2) is 58.9 Å². The molecular weight excluding hydrogens is 258 g/mol. The van der Waals surface area contributed by atoms with Gasteiger partial charge in [0.2, 0.25) is 0 Å². The lowest BCUT2D eigenvalue weighted by Gasteiger charge is -2.37. The zero-order valence-electron chi connectivity index (χ0n) is 13.2. The largest absolute Gasteiger partial charge is 0.382 e. The van der Waals surface area contributed by atoms with Crippen molar-refractivity contribution in [2.45, 2.75) is 38.8 Å². The first kappa shape index (κ1) is 17.9. The maximum absolute atomic E-state index is 6.17. The topological polar surface area (TPSA) is 62.9 Å². The van der Waals surface area contributed by atoms with Gasteiger partial charge in [0.25, 0.3) is 0 Å². The third-order valence-corrected chi connectivity index (χ3v) is 3.77. The van der Waals surface area contributed by atoms with Gasteiger partial charge in [-0.1, -0.05) is 13.8 Å². The minimum Gasteiger partial charge on any atom is -0.382 e. The molecule has 4 atom stereocenters. The third kappa shape index (κ3) is 6.99. The van der Waals surface area contributed by atoms with Crippen molar-refractivity contribution in [2.24, 2.45) is 17.6 Å². The number of hydrogen-bond donors (Lipinski definition) is 1. The first-order chi connectivity index (χ1) is 9.65. The first-order valence-electron chi connectivity index (χ1n) is 7.66. The fourth-order valence-electron chi connectivity index (χ4n) is 2.88. The van der Waals surface area contributed by atoms with Gasteiger partial charge < -0.3 is 24.7 Å². The summed E-state index contributed by atoms with van der Waals surface area (Å²) in [6, 6.07) is 0.158. The predicted octanol–water partition coefficient (Wildman–Crippen LogP) is 1.44. The molecular formula is C15H31NO4. The third-order valence-electron chi connectivity index (χ3n) is 3.77. The lowest BCUT2D eigenvalue weighted by molar-refractivity contribution is -0.0564. The quantitative estimate of drug-likeness (QED) is 0.617. The van der Waals surface area contributed by atoms with Crippen LogP contribution in [0.4, 0.5) is 0 Å². The molecule has 1 aliphatic carbocycles. The van der Waals surface area contributed by atoms with E-state index < -0.39 is 0 Å². The van der Waals surface area contributed by atoms with E-state index in [-0.39, 0.29) is 12.1 Å². The highest BCUT2D eigenvalue weighted by molar-refractivity contribution is 4.86. The van der Waals surface area contributed by atoms with Gasteiger partial charge in [0.1, 0.15) is 0 Å². The maximum atomic E-state index is 6.17. The van der Waals surface area contributed by atoms with Crippen LogP contribution in [0.3, 0.4) is 0 Å². The lowest BCUT2D eigenvalue weighted by Crippen LogP contribution is -2.46. The van der Waals surface area contributed by atoms with Crippen molar-refractivity contribution in [3.8, 4) is 0 Å². The molecule has 0 saturated heterocycles. The molecule has 0 aromatic rings.